The first-order valence-corrected chi connectivity index (χ1v) is 26.8. The maximum absolute atomic E-state index is 14.2. The lowest BCUT2D eigenvalue weighted by Gasteiger charge is -2.44. The van der Waals surface area contributed by atoms with Crippen molar-refractivity contribution in [3.8, 4) is 16.5 Å². The molecule has 3 aromatic carbocycles. The van der Waals surface area contributed by atoms with E-state index in [1.165, 1.54) is 16.2 Å². The summed E-state index contributed by atoms with van der Waals surface area (Å²) in [6.07, 6.45) is 2.66. The number of nitriles is 1. The summed E-state index contributed by atoms with van der Waals surface area (Å²) >= 11 is 1.58. The summed E-state index contributed by atoms with van der Waals surface area (Å²) in [6.45, 7) is 18.9. The zero-order valence-corrected chi connectivity index (χ0v) is 44.1. The Bertz CT molecular complexity index is 2970. The Labute approximate surface area is 432 Å². The summed E-state index contributed by atoms with van der Waals surface area (Å²) in [6, 6.07) is 18.5. The van der Waals surface area contributed by atoms with Crippen LogP contribution in [0.5, 0.6) is 0 Å². The fourth-order valence-corrected chi connectivity index (χ4v) is 12.3. The van der Waals surface area contributed by atoms with Crippen molar-refractivity contribution in [3.05, 3.63) is 105 Å². The molecule has 9 rings (SSSR count). The molecule has 1 aliphatic carbocycles. The molecular formula is C57H69N9O6S. The number of fused-ring (bicyclic) bond motifs is 4. The molecule has 15 nitrogen and oxygen atoms in total. The number of H-pyrrole nitrogens is 1. The Morgan fingerprint density at radius 1 is 0.986 bits per heavy atom. The molecule has 4 amide bonds. The van der Waals surface area contributed by atoms with Crippen LogP contribution in [0.2, 0.25) is 0 Å². The quantitative estimate of drug-likeness (QED) is 0.0955. The first kappa shape index (κ1) is 51.5. The van der Waals surface area contributed by atoms with Gasteiger partial charge < -0.3 is 35.4 Å². The molecule has 4 aliphatic rings. The van der Waals surface area contributed by atoms with Crippen molar-refractivity contribution in [2.24, 2.45) is 5.41 Å². The number of thiazole rings is 1. The number of nitrogens with one attached hydrogen (secondary N) is 3. The first-order valence-electron chi connectivity index (χ1n) is 26.0. The highest BCUT2D eigenvalue weighted by molar-refractivity contribution is 7.13. The number of nitrogens with zero attached hydrogens (tertiary/aromatic N) is 6. The number of carbonyl (C=O) groups is 5. The molecule has 3 aliphatic heterocycles. The minimum Gasteiger partial charge on any atom is -0.391 e. The number of likely N-dealkylation sites (tertiary alicyclic amines) is 1. The molecule has 4 N–H and O–H groups in total. The van der Waals surface area contributed by atoms with Crippen LogP contribution in [-0.2, 0) is 37.6 Å². The fourth-order valence-electron chi connectivity index (χ4n) is 11.5. The zero-order valence-electron chi connectivity index (χ0n) is 43.3. The number of β-amino-alcohol motifs (C(OH)–C–C–N with tert-alkyl or cyclic N) is 1. The van der Waals surface area contributed by atoms with E-state index in [2.05, 4.69) is 69.4 Å². The number of aromatic nitrogens is 2. The number of carbonyl (C=O) groups excluding carboxylic acids is 5. The van der Waals surface area contributed by atoms with E-state index in [1.807, 2.05) is 74.5 Å². The second-order valence-corrected chi connectivity index (χ2v) is 22.9. The van der Waals surface area contributed by atoms with Crippen LogP contribution in [0.3, 0.4) is 0 Å². The molecular weight excluding hydrogens is 939 g/mol. The number of aryl methyl sites for hydroxylation is 2. The van der Waals surface area contributed by atoms with Crippen LogP contribution < -0.4 is 15.5 Å². The second kappa shape index (κ2) is 20.8. The molecule has 0 saturated carbocycles. The van der Waals surface area contributed by atoms with Gasteiger partial charge in [-0.2, -0.15) is 5.26 Å². The predicted octanol–water partition coefficient (Wildman–Crippen LogP) is 7.00. The number of anilines is 1. The Morgan fingerprint density at radius 2 is 1.71 bits per heavy atom. The van der Waals surface area contributed by atoms with Gasteiger partial charge in [-0.15, -0.1) is 11.3 Å². The molecule has 16 heteroatoms. The van der Waals surface area contributed by atoms with Gasteiger partial charge in [0.2, 0.25) is 23.6 Å². The third-order valence-electron chi connectivity index (χ3n) is 15.8. The van der Waals surface area contributed by atoms with Crippen molar-refractivity contribution in [1.82, 2.24) is 35.3 Å². The average molecular weight is 1010 g/mol. The maximum Gasteiger partial charge on any atom is 0.246 e. The summed E-state index contributed by atoms with van der Waals surface area (Å²) < 4.78 is 0. The van der Waals surface area contributed by atoms with Crippen LogP contribution in [0.4, 0.5) is 5.69 Å². The number of piperidine rings is 1. The SMILES string of the molecule is CCc1cc2c(cc1N1CCC(N3CCN(C(=O)CCCC(=O)NC(C(=O)N4C[C@H](O)C[C@H]4C(=O)NCc4ccc(-c5scnc5C)cc4)C(C)(C)C)CC3)CC1)C(C)(C)c1[nH]c3cc(C#N)ccc3c1C2=O. The molecule has 3 atom stereocenters. The molecule has 384 valence electrons. The zero-order chi connectivity index (χ0) is 51.9. The van der Waals surface area contributed by atoms with Gasteiger partial charge in [-0.1, -0.05) is 71.9 Å². The number of aliphatic hydroxyl groups is 1. The summed E-state index contributed by atoms with van der Waals surface area (Å²) in [4.78, 5) is 86.0. The molecule has 3 saturated heterocycles. The molecule has 5 heterocycles. The summed E-state index contributed by atoms with van der Waals surface area (Å²) in [5, 5.41) is 26.9. The Balaban J connectivity index is 0.732. The van der Waals surface area contributed by atoms with Gasteiger partial charge in [0.05, 0.1) is 39.4 Å². The van der Waals surface area contributed by atoms with E-state index >= 15 is 0 Å². The van der Waals surface area contributed by atoms with Crippen LogP contribution in [0.15, 0.2) is 60.1 Å². The number of hydrogen-bond donors (Lipinski definition) is 4. The molecule has 1 unspecified atom stereocenters. The number of hydrogen-bond acceptors (Lipinski definition) is 11. The van der Waals surface area contributed by atoms with Crippen LogP contribution in [0, 0.1) is 23.7 Å². The van der Waals surface area contributed by atoms with Gasteiger partial charge in [-0.25, -0.2) is 4.98 Å². The molecule has 3 fully saturated rings. The molecule has 5 aromatic rings. The molecule has 0 radical (unpaired) electrons. The van der Waals surface area contributed by atoms with Crippen molar-refractivity contribution in [2.75, 3.05) is 50.7 Å². The van der Waals surface area contributed by atoms with E-state index in [4.69, 9.17) is 0 Å². The number of aliphatic hydroxyl groups excluding tert-OH is 1. The topological polar surface area (TPSA) is 195 Å². The highest BCUT2D eigenvalue weighted by Gasteiger charge is 2.45. The minimum atomic E-state index is -0.945. The summed E-state index contributed by atoms with van der Waals surface area (Å²) in [5.41, 5.74) is 10.7. The van der Waals surface area contributed by atoms with Gasteiger partial charge in [0.15, 0.2) is 5.78 Å². The van der Waals surface area contributed by atoms with Crippen molar-refractivity contribution < 1.29 is 29.1 Å². The van der Waals surface area contributed by atoms with Crippen molar-refractivity contribution >= 4 is 57.3 Å². The highest BCUT2D eigenvalue weighted by Crippen LogP contribution is 2.46. The lowest BCUT2D eigenvalue weighted by atomic mass is 9.70. The summed E-state index contributed by atoms with van der Waals surface area (Å²) in [7, 11) is 0. The van der Waals surface area contributed by atoms with Gasteiger partial charge >= 0.3 is 0 Å². The third kappa shape index (κ3) is 10.4. The molecule has 0 bridgehead atoms. The molecule has 2 aromatic heterocycles. The average Bonchev–Trinajstić information content (AvgIpc) is 4.12. The lowest BCUT2D eigenvalue weighted by Crippen LogP contribution is -2.57. The maximum atomic E-state index is 14.2. The Hall–Kier alpha value is -6.41. The molecule has 0 spiro atoms. The van der Waals surface area contributed by atoms with Gasteiger partial charge in [-0.05, 0) is 84.5 Å². The number of amides is 4. The number of ketones is 1. The van der Waals surface area contributed by atoms with Gasteiger partial charge in [0.25, 0.3) is 0 Å². The highest BCUT2D eigenvalue weighted by atomic mass is 32.1. The van der Waals surface area contributed by atoms with Crippen molar-refractivity contribution in [2.45, 2.75) is 130 Å². The number of piperazine rings is 1. The third-order valence-corrected chi connectivity index (χ3v) is 16.8. The largest absolute Gasteiger partial charge is 0.391 e. The summed E-state index contributed by atoms with van der Waals surface area (Å²) in [5.74, 6) is -1.08. The van der Waals surface area contributed by atoms with Gasteiger partial charge in [-0.3, -0.25) is 28.9 Å². The van der Waals surface area contributed by atoms with E-state index < -0.39 is 34.9 Å². The predicted molar refractivity (Wildman–Crippen MR) is 283 cm³/mol. The van der Waals surface area contributed by atoms with Crippen molar-refractivity contribution in [1.29, 1.82) is 5.26 Å². The van der Waals surface area contributed by atoms with E-state index in [9.17, 15) is 34.3 Å². The van der Waals surface area contributed by atoms with Crippen LogP contribution in [0.1, 0.15) is 130 Å². The van der Waals surface area contributed by atoms with Crippen molar-refractivity contribution in [3.63, 3.8) is 0 Å². The minimum absolute atomic E-state index is 0.0111. The molecule has 73 heavy (non-hydrogen) atoms. The fraction of sp³-hybridized carbons (Fsp3) is 0.491. The second-order valence-electron chi connectivity index (χ2n) is 22.0. The van der Waals surface area contributed by atoms with E-state index in [0.29, 0.717) is 36.7 Å². The Morgan fingerprint density at radius 3 is 2.37 bits per heavy atom. The number of rotatable bonds is 13. The van der Waals surface area contributed by atoms with E-state index in [-0.39, 0.29) is 55.9 Å². The van der Waals surface area contributed by atoms with E-state index in [0.717, 1.165) is 94.9 Å². The van der Waals surface area contributed by atoms with E-state index in [1.54, 1.807) is 17.4 Å². The van der Waals surface area contributed by atoms with Gasteiger partial charge in [0.1, 0.15) is 12.1 Å². The van der Waals surface area contributed by atoms with Crippen LogP contribution in [0.25, 0.3) is 21.3 Å². The van der Waals surface area contributed by atoms with Gasteiger partial charge in [0, 0.05) is 111 Å². The monoisotopic (exact) mass is 1010 g/mol. The lowest BCUT2D eigenvalue weighted by molar-refractivity contribution is -0.144. The number of benzene rings is 3. The van der Waals surface area contributed by atoms with Crippen LogP contribution >= 0.6 is 11.3 Å². The normalized spacial score (nSPS) is 19.6. The standard InChI is InChI=1S/C57H69N9O6S/c1-8-37-27-42-43(57(6,7)52-49(50(42)70)41-17-14-36(30-58)26-44(41)61-52)29-45(37)64-20-18-39(19-21-64)63-22-24-65(25-23-63)48(69)11-9-10-47(68)62-53(56(3,4)5)55(72)66-32-40(67)28-46(66)54(71)59-31-35-12-15-38(16-13-35)51-34(2)60-33-73-51/h12-17,26-27,29,33,39-40,46,53,61,67H,8-11,18-25,28,31-32H2,1-7H3,(H,59,71)(H,62,68)/t40-,46+,53?/m1/s1. The first-order chi connectivity index (χ1) is 34.9. The Kier molecular flexibility index (Phi) is 14.7. The van der Waals surface area contributed by atoms with Crippen LogP contribution in [-0.4, -0.2) is 129 Å². The smallest absolute Gasteiger partial charge is 0.246 e. The number of aromatic amines is 1.